The minimum atomic E-state index is -0.302. The number of rotatable bonds is 4. The lowest BCUT2D eigenvalue weighted by Gasteiger charge is -2.34. The summed E-state index contributed by atoms with van der Waals surface area (Å²) in [5.74, 6) is 0.697. The van der Waals surface area contributed by atoms with Crippen LogP contribution in [0.4, 0.5) is 5.69 Å². The highest BCUT2D eigenvalue weighted by molar-refractivity contribution is 5.81. The SMILES string of the molecule is COc1ccc2c(C[NH+]3CCN(c4cccc(C)c4C)CC3)cc(=O)oc2c1. The molecule has 2 aromatic carbocycles. The van der Waals surface area contributed by atoms with E-state index in [1.165, 1.54) is 21.7 Å². The van der Waals surface area contributed by atoms with Crippen molar-refractivity contribution in [2.75, 3.05) is 38.2 Å². The van der Waals surface area contributed by atoms with Crippen LogP contribution in [0, 0.1) is 13.8 Å². The third-order valence-electron chi connectivity index (χ3n) is 5.87. The Hall–Kier alpha value is -2.79. The van der Waals surface area contributed by atoms with Gasteiger partial charge in [-0.25, -0.2) is 4.79 Å². The minimum absolute atomic E-state index is 0.302. The van der Waals surface area contributed by atoms with Crippen LogP contribution in [0.5, 0.6) is 5.75 Å². The number of nitrogens with zero attached hydrogens (tertiary/aromatic N) is 1. The predicted octanol–water partition coefficient (Wildman–Crippen LogP) is 2.32. The molecule has 0 unspecified atom stereocenters. The highest BCUT2D eigenvalue weighted by Gasteiger charge is 2.22. The van der Waals surface area contributed by atoms with Crippen molar-refractivity contribution >= 4 is 16.7 Å². The van der Waals surface area contributed by atoms with Crippen LogP contribution in [0.3, 0.4) is 0 Å². The molecule has 1 aliphatic heterocycles. The fraction of sp³-hybridized carbons (Fsp3) is 0.348. The van der Waals surface area contributed by atoms with Crippen LogP contribution < -0.4 is 20.2 Å². The standard InChI is InChI=1S/C23H26N2O3/c1-16-5-4-6-21(17(16)2)25-11-9-24(10-12-25)15-18-13-23(26)28-22-14-19(27-3)7-8-20(18)22/h4-8,13-14H,9-12,15H2,1-3H3/p+1. The molecule has 1 fully saturated rings. The first-order chi connectivity index (χ1) is 13.5. The average Bonchev–Trinajstić information content (AvgIpc) is 2.70. The monoisotopic (exact) mass is 379 g/mol. The first kappa shape index (κ1) is 18.6. The van der Waals surface area contributed by atoms with Gasteiger partial charge in [0.15, 0.2) is 0 Å². The molecule has 0 radical (unpaired) electrons. The second-order valence-corrected chi connectivity index (χ2v) is 7.59. The van der Waals surface area contributed by atoms with E-state index in [4.69, 9.17) is 9.15 Å². The molecule has 0 aliphatic carbocycles. The molecule has 0 bridgehead atoms. The molecule has 0 spiro atoms. The van der Waals surface area contributed by atoms with Gasteiger partial charge in [0.1, 0.15) is 17.9 Å². The highest BCUT2D eigenvalue weighted by Crippen LogP contribution is 2.23. The number of hydrogen-bond donors (Lipinski definition) is 1. The molecule has 1 aliphatic rings. The Labute approximate surface area is 165 Å². The second kappa shape index (κ2) is 7.68. The minimum Gasteiger partial charge on any atom is -0.497 e. The zero-order valence-corrected chi connectivity index (χ0v) is 16.7. The van der Waals surface area contributed by atoms with Crippen LogP contribution in [-0.4, -0.2) is 33.3 Å². The van der Waals surface area contributed by atoms with Gasteiger partial charge in [0, 0.05) is 28.8 Å². The fourth-order valence-corrected chi connectivity index (χ4v) is 4.07. The first-order valence-electron chi connectivity index (χ1n) is 9.80. The van der Waals surface area contributed by atoms with Crippen molar-refractivity contribution < 1.29 is 14.1 Å². The van der Waals surface area contributed by atoms with Gasteiger partial charge in [0.05, 0.1) is 33.3 Å². The van der Waals surface area contributed by atoms with Gasteiger partial charge in [-0.3, -0.25) is 0 Å². The zero-order chi connectivity index (χ0) is 19.7. The molecular formula is C23H27N2O3+. The normalized spacial score (nSPS) is 15.2. The van der Waals surface area contributed by atoms with Gasteiger partial charge in [-0.1, -0.05) is 12.1 Å². The van der Waals surface area contributed by atoms with E-state index in [2.05, 4.69) is 36.9 Å². The summed E-state index contributed by atoms with van der Waals surface area (Å²) in [4.78, 5) is 16.0. The molecule has 1 saturated heterocycles. The molecule has 146 valence electrons. The summed E-state index contributed by atoms with van der Waals surface area (Å²) in [6.07, 6.45) is 0. The molecule has 1 N–H and O–H groups in total. The number of nitrogens with one attached hydrogen (secondary N) is 1. The largest absolute Gasteiger partial charge is 0.497 e. The zero-order valence-electron chi connectivity index (χ0n) is 16.7. The third-order valence-corrected chi connectivity index (χ3v) is 5.87. The summed E-state index contributed by atoms with van der Waals surface area (Å²) in [7, 11) is 1.61. The van der Waals surface area contributed by atoms with Gasteiger partial charge in [0.2, 0.25) is 0 Å². The van der Waals surface area contributed by atoms with Crippen LogP contribution in [0.15, 0.2) is 51.7 Å². The van der Waals surface area contributed by atoms with Crippen molar-refractivity contribution in [3.8, 4) is 5.75 Å². The lowest BCUT2D eigenvalue weighted by atomic mass is 10.1. The summed E-state index contributed by atoms with van der Waals surface area (Å²) in [6.45, 7) is 9.33. The van der Waals surface area contributed by atoms with Crippen LogP contribution in [-0.2, 0) is 6.54 Å². The highest BCUT2D eigenvalue weighted by atomic mass is 16.5. The molecule has 5 nitrogen and oxygen atoms in total. The number of quaternary nitrogens is 1. The molecule has 1 aromatic heterocycles. The number of fused-ring (bicyclic) bond motifs is 1. The maximum absolute atomic E-state index is 12.0. The summed E-state index contributed by atoms with van der Waals surface area (Å²) in [5.41, 5.74) is 5.39. The Morgan fingerprint density at radius 1 is 1.11 bits per heavy atom. The summed E-state index contributed by atoms with van der Waals surface area (Å²) in [6, 6.07) is 13.9. The fourth-order valence-electron chi connectivity index (χ4n) is 4.07. The number of hydrogen-bond acceptors (Lipinski definition) is 4. The topological polar surface area (TPSA) is 47.1 Å². The van der Waals surface area contributed by atoms with E-state index < -0.39 is 0 Å². The van der Waals surface area contributed by atoms with E-state index in [9.17, 15) is 4.79 Å². The molecule has 2 heterocycles. The Morgan fingerprint density at radius 3 is 2.64 bits per heavy atom. The van der Waals surface area contributed by atoms with E-state index in [1.54, 1.807) is 19.2 Å². The van der Waals surface area contributed by atoms with Gasteiger partial charge >= 0.3 is 5.63 Å². The molecule has 0 atom stereocenters. The van der Waals surface area contributed by atoms with E-state index >= 15 is 0 Å². The average molecular weight is 379 g/mol. The first-order valence-corrected chi connectivity index (χ1v) is 9.80. The maximum atomic E-state index is 12.0. The molecule has 4 rings (SSSR count). The van der Waals surface area contributed by atoms with Crippen LogP contribution in [0.2, 0.25) is 0 Å². The molecule has 28 heavy (non-hydrogen) atoms. The van der Waals surface area contributed by atoms with E-state index in [0.717, 1.165) is 43.7 Å². The van der Waals surface area contributed by atoms with E-state index in [1.807, 2.05) is 12.1 Å². The van der Waals surface area contributed by atoms with Crippen LogP contribution in [0.25, 0.3) is 11.0 Å². The van der Waals surface area contributed by atoms with Crippen LogP contribution in [0.1, 0.15) is 16.7 Å². The van der Waals surface area contributed by atoms with Gasteiger partial charge in [-0.05, 0) is 43.2 Å². The van der Waals surface area contributed by atoms with Gasteiger partial charge in [-0.2, -0.15) is 0 Å². The Balaban J connectivity index is 1.51. The molecule has 0 saturated carbocycles. The maximum Gasteiger partial charge on any atom is 0.336 e. The number of benzene rings is 2. The summed E-state index contributed by atoms with van der Waals surface area (Å²) in [5, 5.41) is 0.991. The predicted molar refractivity (Wildman–Crippen MR) is 112 cm³/mol. The summed E-state index contributed by atoms with van der Waals surface area (Å²) < 4.78 is 10.6. The Kier molecular flexibility index (Phi) is 5.09. The lowest BCUT2D eigenvalue weighted by molar-refractivity contribution is -0.914. The number of piperazine rings is 1. The molecule has 5 heteroatoms. The summed E-state index contributed by atoms with van der Waals surface area (Å²) >= 11 is 0. The van der Waals surface area contributed by atoms with Crippen molar-refractivity contribution in [3.63, 3.8) is 0 Å². The van der Waals surface area contributed by atoms with Crippen LogP contribution >= 0.6 is 0 Å². The number of methoxy groups -OCH3 is 1. The number of ether oxygens (including phenoxy) is 1. The Morgan fingerprint density at radius 2 is 1.89 bits per heavy atom. The number of anilines is 1. The van der Waals surface area contributed by atoms with Crippen molar-refractivity contribution in [1.29, 1.82) is 0 Å². The van der Waals surface area contributed by atoms with Crippen molar-refractivity contribution in [1.82, 2.24) is 0 Å². The quantitative estimate of drug-likeness (QED) is 0.707. The van der Waals surface area contributed by atoms with Crippen molar-refractivity contribution in [2.24, 2.45) is 0 Å². The number of aryl methyl sites for hydroxylation is 1. The molecule has 0 amide bonds. The van der Waals surface area contributed by atoms with Crippen molar-refractivity contribution in [3.05, 3.63) is 69.6 Å². The van der Waals surface area contributed by atoms with E-state index in [0.29, 0.717) is 11.3 Å². The van der Waals surface area contributed by atoms with Gasteiger partial charge in [-0.15, -0.1) is 0 Å². The smallest absolute Gasteiger partial charge is 0.336 e. The molecule has 3 aromatic rings. The third kappa shape index (κ3) is 3.62. The van der Waals surface area contributed by atoms with Gasteiger partial charge < -0.3 is 19.0 Å². The second-order valence-electron chi connectivity index (χ2n) is 7.59. The van der Waals surface area contributed by atoms with E-state index in [-0.39, 0.29) is 5.63 Å². The van der Waals surface area contributed by atoms with Gasteiger partial charge in [0.25, 0.3) is 0 Å². The Bertz CT molecular complexity index is 1050. The van der Waals surface area contributed by atoms with Crippen molar-refractivity contribution in [2.45, 2.75) is 20.4 Å². The molecular weight excluding hydrogens is 352 g/mol. The lowest BCUT2D eigenvalue weighted by Crippen LogP contribution is -3.13.